The number of amides is 4. The minimum Gasteiger partial charge on any atom is -0.382 e. The molecule has 0 bridgehead atoms. The van der Waals surface area contributed by atoms with Crippen molar-refractivity contribution in [3.63, 3.8) is 0 Å². The Morgan fingerprint density at radius 2 is 0.833 bits per heavy atom. The smallest absolute Gasteiger partial charge is 0.261 e. The Bertz CT molecular complexity index is 1140. The van der Waals surface area contributed by atoms with E-state index in [0.29, 0.717) is 63.6 Å². The molecule has 0 spiro atoms. The van der Waals surface area contributed by atoms with Crippen LogP contribution < -0.4 is 0 Å². The number of methoxy groups -OCH3 is 2. The third kappa shape index (κ3) is 6.86. The van der Waals surface area contributed by atoms with Gasteiger partial charge in [0.1, 0.15) is 0 Å². The van der Waals surface area contributed by atoms with Gasteiger partial charge in [-0.3, -0.25) is 29.0 Å². The van der Waals surface area contributed by atoms with E-state index in [1.54, 1.807) is 52.3 Å². The third-order valence-electron chi connectivity index (χ3n) is 7.07. The first-order chi connectivity index (χ1) is 20.3. The summed E-state index contributed by atoms with van der Waals surface area (Å²) in [7, 11) is 3.18. The van der Waals surface area contributed by atoms with Gasteiger partial charge >= 0.3 is 0 Å². The van der Waals surface area contributed by atoms with Crippen LogP contribution in [0, 0.1) is 0 Å². The quantitative estimate of drug-likeness (QED) is 0.189. The van der Waals surface area contributed by atoms with Crippen LogP contribution in [-0.2, 0) is 28.4 Å². The molecule has 0 saturated carbocycles. The molecule has 0 aliphatic carbocycles. The van der Waals surface area contributed by atoms with Crippen molar-refractivity contribution < 1.29 is 47.6 Å². The number of carbonyl (C=O) groups is 4. The average Bonchev–Trinajstić information content (AvgIpc) is 2.98. The van der Waals surface area contributed by atoms with Gasteiger partial charge in [0, 0.05) is 47.2 Å². The predicted molar refractivity (Wildman–Crippen MR) is 151 cm³/mol. The van der Waals surface area contributed by atoms with Gasteiger partial charge in [-0.2, -0.15) is 0 Å². The molecule has 0 radical (unpaired) electrons. The molecule has 42 heavy (non-hydrogen) atoms. The first-order valence-electron chi connectivity index (χ1n) is 14.0. The molecule has 2 heterocycles. The molecule has 2 atom stereocenters. The second kappa shape index (κ2) is 14.8. The summed E-state index contributed by atoms with van der Waals surface area (Å²) >= 11 is 0. The van der Waals surface area contributed by atoms with E-state index < -0.39 is 35.8 Å². The van der Waals surface area contributed by atoms with Crippen LogP contribution in [0.4, 0.5) is 0 Å². The van der Waals surface area contributed by atoms with Crippen LogP contribution in [-0.4, -0.2) is 126 Å². The molecule has 0 N–H and O–H groups in total. The summed E-state index contributed by atoms with van der Waals surface area (Å²) in [5.74, 6) is -2.00. The van der Waals surface area contributed by atoms with Gasteiger partial charge in [0.15, 0.2) is 0 Å². The minimum atomic E-state index is -0.500. The number of carbonyl (C=O) groups excluding carboxylic acids is 4. The fourth-order valence-electron chi connectivity index (χ4n) is 5.03. The zero-order valence-corrected chi connectivity index (χ0v) is 24.5. The first-order valence-corrected chi connectivity index (χ1v) is 14.0. The van der Waals surface area contributed by atoms with E-state index in [1.165, 1.54) is 0 Å². The molecule has 12 nitrogen and oxygen atoms in total. The maximum absolute atomic E-state index is 13.5. The lowest BCUT2D eigenvalue weighted by molar-refractivity contribution is -0.00904. The average molecular weight is 587 g/mol. The van der Waals surface area contributed by atoms with E-state index in [0.717, 1.165) is 9.80 Å². The van der Waals surface area contributed by atoms with E-state index in [2.05, 4.69) is 0 Å². The van der Waals surface area contributed by atoms with E-state index in [4.69, 9.17) is 28.4 Å². The van der Waals surface area contributed by atoms with Gasteiger partial charge in [-0.1, -0.05) is 0 Å². The van der Waals surface area contributed by atoms with Gasteiger partial charge in [-0.05, 0) is 38.1 Å². The standard InChI is InChI=1S/C30H38N2O10/c1-19(41-15-13-39-11-9-37-3)17-31-27(33)21-5-7-23-26-24(8-6-22(25(21)26)28(31)34)30(36)32(29(23)35)18-20(2)42-16-14-40-12-10-38-4/h5-8,19-20H,9-18H2,1-4H3/t19-,20+. The molecule has 4 rings (SSSR count). The Morgan fingerprint density at radius 3 is 1.14 bits per heavy atom. The highest BCUT2D eigenvalue weighted by Crippen LogP contribution is 2.38. The summed E-state index contributed by atoms with van der Waals surface area (Å²) in [5.41, 5.74) is 1.05. The van der Waals surface area contributed by atoms with E-state index >= 15 is 0 Å². The first kappa shape index (κ1) is 31.7. The van der Waals surface area contributed by atoms with Gasteiger partial charge in [0.25, 0.3) is 23.6 Å². The number of hydrogen-bond acceptors (Lipinski definition) is 10. The van der Waals surface area contributed by atoms with Crippen molar-refractivity contribution in [1.82, 2.24) is 9.80 Å². The largest absolute Gasteiger partial charge is 0.382 e. The molecule has 0 saturated heterocycles. The maximum atomic E-state index is 13.5. The van der Waals surface area contributed by atoms with Crippen LogP contribution in [0.1, 0.15) is 55.3 Å². The monoisotopic (exact) mass is 586 g/mol. The van der Waals surface area contributed by atoms with Crippen molar-refractivity contribution in [2.45, 2.75) is 26.1 Å². The minimum absolute atomic E-state index is 0.0428. The summed E-state index contributed by atoms with van der Waals surface area (Å²) < 4.78 is 32.1. The number of nitrogens with zero attached hydrogens (tertiary/aromatic N) is 2. The van der Waals surface area contributed by atoms with Crippen molar-refractivity contribution in [3.8, 4) is 0 Å². The van der Waals surface area contributed by atoms with Crippen molar-refractivity contribution in [2.24, 2.45) is 0 Å². The van der Waals surface area contributed by atoms with Crippen LogP contribution in [0.5, 0.6) is 0 Å². The van der Waals surface area contributed by atoms with Gasteiger partial charge < -0.3 is 28.4 Å². The summed E-state index contributed by atoms with van der Waals surface area (Å²) in [6.07, 6.45) is -0.868. The Morgan fingerprint density at radius 1 is 0.524 bits per heavy atom. The highest BCUT2D eigenvalue weighted by molar-refractivity contribution is 6.33. The van der Waals surface area contributed by atoms with Gasteiger partial charge in [-0.25, -0.2) is 0 Å². The molecular weight excluding hydrogens is 548 g/mol. The zero-order chi connectivity index (χ0) is 30.2. The number of ether oxygens (including phenoxy) is 6. The molecule has 2 aliphatic rings. The van der Waals surface area contributed by atoms with Crippen LogP contribution >= 0.6 is 0 Å². The molecule has 0 aromatic heterocycles. The van der Waals surface area contributed by atoms with Gasteiger partial charge in [-0.15, -0.1) is 0 Å². The van der Waals surface area contributed by atoms with Gasteiger partial charge in [0.2, 0.25) is 0 Å². The molecule has 2 aromatic rings. The van der Waals surface area contributed by atoms with Crippen molar-refractivity contribution in [3.05, 3.63) is 46.5 Å². The lowest BCUT2D eigenvalue weighted by Crippen LogP contribution is -2.46. The van der Waals surface area contributed by atoms with E-state index in [-0.39, 0.29) is 35.3 Å². The van der Waals surface area contributed by atoms with Crippen molar-refractivity contribution in [1.29, 1.82) is 0 Å². The molecule has 0 unspecified atom stereocenters. The Kier molecular flexibility index (Phi) is 11.1. The molecule has 0 fully saturated rings. The summed E-state index contributed by atoms with van der Waals surface area (Å²) in [4.78, 5) is 56.2. The molecule has 2 aromatic carbocycles. The Labute approximate surface area is 244 Å². The van der Waals surface area contributed by atoms with Gasteiger partial charge in [0.05, 0.1) is 78.2 Å². The molecular formula is C30H38N2O10. The lowest BCUT2D eigenvalue weighted by Gasteiger charge is -2.33. The fraction of sp³-hybridized carbons (Fsp3) is 0.533. The predicted octanol–water partition coefficient (Wildman–Crippen LogP) is 2.17. The number of rotatable bonds is 18. The van der Waals surface area contributed by atoms with Crippen LogP contribution in [0.15, 0.2) is 24.3 Å². The zero-order valence-electron chi connectivity index (χ0n) is 24.5. The second-order valence-electron chi connectivity index (χ2n) is 10.1. The lowest BCUT2D eigenvalue weighted by atomic mass is 9.86. The SMILES string of the molecule is COCCOCCO[C@H](C)CN1C(=O)c2ccc3c4c(ccc(c24)C1=O)C(=O)N(C[C@H](C)OCCOCCOC)C3=O. The Balaban J connectivity index is 1.46. The normalized spacial score (nSPS) is 16.1. The fourth-order valence-corrected chi connectivity index (χ4v) is 5.03. The highest BCUT2D eigenvalue weighted by atomic mass is 16.5. The summed E-state index contributed by atoms with van der Waals surface area (Å²) in [6, 6.07) is 6.19. The van der Waals surface area contributed by atoms with Crippen molar-refractivity contribution in [2.75, 3.05) is 80.2 Å². The summed E-state index contributed by atoms with van der Waals surface area (Å²) in [5, 5.41) is 0.658. The van der Waals surface area contributed by atoms with Crippen LogP contribution in [0.3, 0.4) is 0 Å². The summed E-state index contributed by atoms with van der Waals surface area (Å²) in [6.45, 7) is 6.80. The molecule has 12 heteroatoms. The van der Waals surface area contributed by atoms with Crippen molar-refractivity contribution >= 4 is 34.4 Å². The van der Waals surface area contributed by atoms with E-state index in [1.807, 2.05) is 0 Å². The number of imide groups is 2. The number of hydrogen-bond donors (Lipinski definition) is 0. The molecule has 4 amide bonds. The Hall–Kier alpha value is -3.26. The highest BCUT2D eigenvalue weighted by Gasteiger charge is 2.40. The van der Waals surface area contributed by atoms with Crippen LogP contribution in [0.2, 0.25) is 0 Å². The van der Waals surface area contributed by atoms with Crippen LogP contribution in [0.25, 0.3) is 10.8 Å². The third-order valence-corrected chi connectivity index (χ3v) is 7.07. The molecule has 228 valence electrons. The number of benzene rings is 2. The maximum Gasteiger partial charge on any atom is 0.261 e. The second-order valence-corrected chi connectivity index (χ2v) is 10.1. The van der Waals surface area contributed by atoms with E-state index in [9.17, 15) is 19.2 Å². The molecule has 2 aliphatic heterocycles. The topological polar surface area (TPSA) is 130 Å².